The van der Waals surface area contributed by atoms with Crippen LogP contribution in [0, 0.1) is 5.92 Å². The molecule has 1 aromatic carbocycles. The van der Waals surface area contributed by atoms with Crippen molar-refractivity contribution in [1.29, 1.82) is 0 Å². The molecule has 1 aromatic rings. The largest absolute Gasteiger partial charge is 0.496 e. The molecule has 6 heteroatoms. The summed E-state index contributed by atoms with van der Waals surface area (Å²) in [6.45, 7) is 2.28. The summed E-state index contributed by atoms with van der Waals surface area (Å²) in [6.07, 6.45) is 0.929. The highest BCUT2D eigenvalue weighted by Crippen LogP contribution is 2.25. The second-order valence-electron chi connectivity index (χ2n) is 4.38. The maximum atomic E-state index is 11.8. The molecule has 0 saturated carbocycles. The molecule has 1 atom stereocenters. The van der Waals surface area contributed by atoms with Crippen molar-refractivity contribution in [3.05, 3.63) is 28.2 Å². The number of nitrogens with one attached hydrogen (secondary N) is 2. The van der Waals surface area contributed by atoms with Gasteiger partial charge in [0.15, 0.2) is 0 Å². The molecule has 2 N–H and O–H groups in total. The van der Waals surface area contributed by atoms with Crippen LogP contribution in [0.5, 0.6) is 5.75 Å². The van der Waals surface area contributed by atoms with E-state index < -0.39 is 0 Å². The maximum absolute atomic E-state index is 11.8. The van der Waals surface area contributed by atoms with E-state index in [-0.39, 0.29) is 24.2 Å². The van der Waals surface area contributed by atoms with E-state index >= 15 is 0 Å². The highest BCUT2D eigenvalue weighted by atomic mass is 79.9. The van der Waals surface area contributed by atoms with Crippen LogP contribution >= 0.6 is 28.3 Å². The molecule has 1 heterocycles. The van der Waals surface area contributed by atoms with Gasteiger partial charge in [0, 0.05) is 13.1 Å². The van der Waals surface area contributed by atoms with Crippen LogP contribution in [-0.2, 0) is 11.3 Å². The van der Waals surface area contributed by atoms with Crippen molar-refractivity contribution in [1.82, 2.24) is 10.6 Å². The molecular weight excluding hydrogens is 332 g/mol. The lowest BCUT2D eigenvalue weighted by atomic mass is 10.1. The first kappa shape index (κ1) is 16.3. The number of amides is 1. The van der Waals surface area contributed by atoms with Gasteiger partial charge in [0.25, 0.3) is 0 Å². The highest BCUT2D eigenvalue weighted by molar-refractivity contribution is 9.10. The summed E-state index contributed by atoms with van der Waals surface area (Å²) in [7, 11) is 1.63. The predicted octanol–water partition coefficient (Wildman–Crippen LogP) is 2.11. The van der Waals surface area contributed by atoms with Crippen LogP contribution < -0.4 is 15.4 Å². The van der Waals surface area contributed by atoms with E-state index in [4.69, 9.17) is 4.74 Å². The standard InChI is InChI=1S/C13H17BrN2O2.ClH/c1-18-12-3-2-9(6-11(12)14)7-16-13(17)10-4-5-15-8-10;/h2-3,6,10,15H,4-5,7-8H2,1H3,(H,16,17);1H. The fourth-order valence-electron chi connectivity index (χ4n) is 2.03. The van der Waals surface area contributed by atoms with E-state index in [2.05, 4.69) is 26.6 Å². The Bertz CT molecular complexity index is 437. The molecule has 1 aliphatic rings. The van der Waals surface area contributed by atoms with Crippen molar-refractivity contribution in [3.63, 3.8) is 0 Å². The van der Waals surface area contributed by atoms with Gasteiger partial charge in [-0.05, 0) is 46.6 Å². The SMILES string of the molecule is COc1ccc(CNC(=O)C2CCNC2)cc1Br.Cl. The summed E-state index contributed by atoms with van der Waals surface area (Å²) in [5.41, 5.74) is 1.06. The minimum absolute atomic E-state index is 0. The van der Waals surface area contributed by atoms with Gasteiger partial charge < -0.3 is 15.4 Å². The van der Waals surface area contributed by atoms with Crippen molar-refractivity contribution in [2.24, 2.45) is 5.92 Å². The summed E-state index contributed by atoms with van der Waals surface area (Å²) < 4.78 is 6.07. The van der Waals surface area contributed by atoms with E-state index in [1.165, 1.54) is 0 Å². The molecule has 1 aliphatic heterocycles. The molecule has 1 amide bonds. The van der Waals surface area contributed by atoms with E-state index in [1.807, 2.05) is 18.2 Å². The number of hydrogen-bond donors (Lipinski definition) is 2. The molecule has 4 nitrogen and oxygen atoms in total. The van der Waals surface area contributed by atoms with Crippen molar-refractivity contribution < 1.29 is 9.53 Å². The average Bonchev–Trinajstić information content (AvgIpc) is 2.90. The molecule has 0 aliphatic carbocycles. The van der Waals surface area contributed by atoms with Gasteiger partial charge in [0.05, 0.1) is 17.5 Å². The van der Waals surface area contributed by atoms with E-state index in [1.54, 1.807) is 7.11 Å². The minimum Gasteiger partial charge on any atom is -0.496 e. The molecule has 0 bridgehead atoms. The smallest absolute Gasteiger partial charge is 0.224 e. The van der Waals surface area contributed by atoms with Crippen LogP contribution in [0.15, 0.2) is 22.7 Å². The summed E-state index contributed by atoms with van der Waals surface area (Å²) in [6, 6.07) is 5.81. The molecule has 1 fully saturated rings. The van der Waals surface area contributed by atoms with Gasteiger partial charge >= 0.3 is 0 Å². The number of halogens is 2. The number of hydrogen-bond acceptors (Lipinski definition) is 3. The van der Waals surface area contributed by atoms with Crippen LogP contribution in [0.1, 0.15) is 12.0 Å². The Kier molecular flexibility index (Phi) is 6.62. The Labute approximate surface area is 127 Å². The van der Waals surface area contributed by atoms with E-state index in [9.17, 15) is 4.79 Å². The number of ether oxygens (including phenoxy) is 1. The van der Waals surface area contributed by atoms with Crippen LogP contribution in [-0.4, -0.2) is 26.1 Å². The third kappa shape index (κ3) is 4.37. The fraction of sp³-hybridized carbons (Fsp3) is 0.462. The van der Waals surface area contributed by atoms with Gasteiger partial charge in [0.2, 0.25) is 5.91 Å². The summed E-state index contributed by atoms with van der Waals surface area (Å²) in [4.78, 5) is 11.8. The number of rotatable bonds is 4. The third-order valence-corrected chi connectivity index (χ3v) is 3.73. The minimum atomic E-state index is 0. The van der Waals surface area contributed by atoms with Crippen molar-refractivity contribution in [2.75, 3.05) is 20.2 Å². The number of benzene rings is 1. The maximum Gasteiger partial charge on any atom is 0.224 e. The van der Waals surface area contributed by atoms with Gasteiger partial charge in [-0.15, -0.1) is 12.4 Å². The van der Waals surface area contributed by atoms with Gasteiger partial charge in [0.1, 0.15) is 5.75 Å². The van der Waals surface area contributed by atoms with Crippen LogP contribution in [0.2, 0.25) is 0 Å². The zero-order chi connectivity index (χ0) is 13.0. The first-order chi connectivity index (χ1) is 8.70. The molecule has 0 spiro atoms. The van der Waals surface area contributed by atoms with Crippen molar-refractivity contribution in [2.45, 2.75) is 13.0 Å². The predicted molar refractivity (Wildman–Crippen MR) is 80.8 cm³/mol. The van der Waals surface area contributed by atoms with Gasteiger partial charge in [-0.3, -0.25) is 4.79 Å². The lowest BCUT2D eigenvalue weighted by Crippen LogP contribution is -2.31. The molecule has 1 unspecified atom stereocenters. The Morgan fingerprint density at radius 2 is 2.37 bits per heavy atom. The molecule has 106 valence electrons. The highest BCUT2D eigenvalue weighted by Gasteiger charge is 2.21. The van der Waals surface area contributed by atoms with Gasteiger partial charge in [-0.2, -0.15) is 0 Å². The van der Waals surface area contributed by atoms with E-state index in [0.29, 0.717) is 6.54 Å². The molecular formula is C13H18BrClN2O2. The van der Waals surface area contributed by atoms with Crippen LogP contribution in [0.25, 0.3) is 0 Å². The lowest BCUT2D eigenvalue weighted by Gasteiger charge is -2.11. The summed E-state index contributed by atoms with van der Waals surface area (Å²) >= 11 is 3.43. The van der Waals surface area contributed by atoms with Gasteiger partial charge in [-0.1, -0.05) is 6.07 Å². The summed E-state index contributed by atoms with van der Waals surface area (Å²) in [5.74, 6) is 1.05. The number of carbonyl (C=O) groups excluding carboxylic acids is 1. The molecule has 0 radical (unpaired) electrons. The lowest BCUT2D eigenvalue weighted by molar-refractivity contribution is -0.124. The molecule has 0 aromatic heterocycles. The first-order valence-electron chi connectivity index (χ1n) is 6.01. The third-order valence-electron chi connectivity index (χ3n) is 3.11. The molecule has 19 heavy (non-hydrogen) atoms. The zero-order valence-electron chi connectivity index (χ0n) is 10.7. The Morgan fingerprint density at radius 1 is 1.58 bits per heavy atom. The number of carbonyl (C=O) groups is 1. The molecule has 1 saturated heterocycles. The van der Waals surface area contributed by atoms with Crippen LogP contribution in [0.3, 0.4) is 0 Å². The molecule has 2 rings (SSSR count). The zero-order valence-corrected chi connectivity index (χ0v) is 13.1. The topological polar surface area (TPSA) is 50.4 Å². The quantitative estimate of drug-likeness (QED) is 0.875. The van der Waals surface area contributed by atoms with Crippen molar-refractivity contribution in [3.8, 4) is 5.75 Å². The summed E-state index contributed by atoms with van der Waals surface area (Å²) in [5, 5.41) is 6.16. The van der Waals surface area contributed by atoms with Crippen molar-refractivity contribution >= 4 is 34.2 Å². The fourth-order valence-corrected chi connectivity index (χ4v) is 2.62. The Balaban J connectivity index is 0.00000180. The average molecular weight is 350 g/mol. The first-order valence-corrected chi connectivity index (χ1v) is 6.81. The van der Waals surface area contributed by atoms with Crippen LogP contribution in [0.4, 0.5) is 0 Å². The number of methoxy groups -OCH3 is 1. The normalized spacial score (nSPS) is 17.7. The Morgan fingerprint density at radius 3 is 2.95 bits per heavy atom. The monoisotopic (exact) mass is 348 g/mol. The second kappa shape index (κ2) is 7.72. The van der Waals surface area contributed by atoms with E-state index in [0.717, 1.165) is 35.3 Å². The Hall–Kier alpha value is -0.780. The second-order valence-corrected chi connectivity index (χ2v) is 5.23. The van der Waals surface area contributed by atoms with Gasteiger partial charge in [-0.25, -0.2) is 0 Å².